The third kappa shape index (κ3) is 7.36. The zero-order valence-corrected chi connectivity index (χ0v) is 19.8. The van der Waals surface area contributed by atoms with Crippen molar-refractivity contribution >= 4 is 35.8 Å². The quantitative estimate of drug-likeness (QED) is 0.254. The highest BCUT2D eigenvalue weighted by atomic mass is 127. The van der Waals surface area contributed by atoms with E-state index in [0.717, 1.165) is 75.7 Å². The van der Waals surface area contributed by atoms with Gasteiger partial charge in [0.2, 0.25) is 0 Å². The monoisotopic (exact) mass is 502 g/mol. The van der Waals surface area contributed by atoms with Gasteiger partial charge >= 0.3 is 0 Å². The van der Waals surface area contributed by atoms with Crippen molar-refractivity contribution in [3.63, 3.8) is 0 Å². The predicted octanol–water partition coefficient (Wildman–Crippen LogP) is 1.89. The van der Waals surface area contributed by atoms with E-state index in [1.54, 1.807) is 0 Å². The number of aromatic nitrogens is 1. The molecule has 0 amide bonds. The van der Waals surface area contributed by atoms with E-state index in [-0.39, 0.29) is 24.0 Å². The third-order valence-electron chi connectivity index (χ3n) is 5.28. The molecule has 8 heteroatoms. The molecule has 0 atom stereocenters. The van der Waals surface area contributed by atoms with Crippen LogP contribution < -0.4 is 10.2 Å². The number of hydrogen-bond donors (Lipinski definition) is 1. The molecule has 0 radical (unpaired) electrons. The topological polar surface area (TPSA) is 56.2 Å². The van der Waals surface area contributed by atoms with Crippen LogP contribution in [0.1, 0.15) is 18.4 Å². The van der Waals surface area contributed by atoms with E-state index in [1.165, 1.54) is 12.8 Å². The highest BCUT2D eigenvalue weighted by Crippen LogP contribution is 2.28. The van der Waals surface area contributed by atoms with Crippen LogP contribution in [0.4, 0.5) is 5.82 Å². The van der Waals surface area contributed by atoms with Gasteiger partial charge in [0.25, 0.3) is 0 Å². The number of nitrogens with one attached hydrogen (secondary N) is 1. The van der Waals surface area contributed by atoms with Gasteiger partial charge in [0.1, 0.15) is 5.82 Å². The maximum atomic E-state index is 5.72. The summed E-state index contributed by atoms with van der Waals surface area (Å²) in [6.07, 6.45) is 4.63. The highest BCUT2D eigenvalue weighted by Gasteiger charge is 2.21. The minimum atomic E-state index is 0. The summed E-state index contributed by atoms with van der Waals surface area (Å²) >= 11 is 0. The Labute approximate surface area is 186 Å². The Balaban J connectivity index is 0.00000280. The van der Waals surface area contributed by atoms with E-state index in [4.69, 9.17) is 4.74 Å². The lowest BCUT2D eigenvalue weighted by Crippen LogP contribution is -2.44. The smallest absolute Gasteiger partial charge is 0.193 e. The van der Waals surface area contributed by atoms with Crippen molar-refractivity contribution in [2.75, 3.05) is 72.0 Å². The number of aliphatic imine (C=N–C) groups is 1. The normalized spacial score (nSPS) is 18.0. The second-order valence-corrected chi connectivity index (χ2v) is 7.66. The lowest BCUT2D eigenvalue weighted by Gasteiger charge is -2.33. The second-order valence-electron chi connectivity index (χ2n) is 7.66. The van der Waals surface area contributed by atoms with Crippen LogP contribution in [-0.4, -0.2) is 87.8 Å². The Morgan fingerprint density at radius 2 is 2.04 bits per heavy atom. The number of hydrogen-bond acceptors (Lipinski definition) is 5. The van der Waals surface area contributed by atoms with Crippen molar-refractivity contribution < 1.29 is 4.74 Å². The number of guanidine groups is 1. The fourth-order valence-corrected chi connectivity index (χ4v) is 3.15. The standard InChI is InChI=1S/C20H34N6O.HI/c1-21-20(25(3)12-13-27-16-17-4-5-17)23-15-18-6-7-19(22-14-18)26-10-8-24(2)9-11-26;/h6-7,14,17H,4-5,8-13,15-16H2,1-3H3,(H,21,23);1H. The Kier molecular flexibility index (Phi) is 9.73. The first-order chi connectivity index (χ1) is 13.2. The zero-order chi connectivity index (χ0) is 19.1. The number of likely N-dealkylation sites (N-methyl/N-ethyl adjacent to an activating group) is 2. The minimum Gasteiger partial charge on any atom is -0.379 e. The lowest BCUT2D eigenvalue weighted by atomic mass is 10.2. The number of rotatable bonds is 8. The van der Waals surface area contributed by atoms with E-state index in [9.17, 15) is 0 Å². The van der Waals surface area contributed by atoms with Crippen molar-refractivity contribution in [1.82, 2.24) is 20.1 Å². The number of anilines is 1. The second kappa shape index (κ2) is 11.8. The van der Waals surface area contributed by atoms with E-state index >= 15 is 0 Å². The van der Waals surface area contributed by atoms with Gasteiger partial charge < -0.3 is 24.8 Å². The van der Waals surface area contributed by atoms with Crippen LogP contribution in [-0.2, 0) is 11.3 Å². The molecule has 0 bridgehead atoms. The molecule has 158 valence electrons. The summed E-state index contributed by atoms with van der Waals surface area (Å²) in [5.74, 6) is 2.77. The SMILES string of the molecule is CN=C(NCc1ccc(N2CCN(C)CC2)nc1)N(C)CCOCC1CC1.I. The molecule has 1 aromatic heterocycles. The summed E-state index contributed by atoms with van der Waals surface area (Å²) in [7, 11) is 6.03. The lowest BCUT2D eigenvalue weighted by molar-refractivity contribution is 0.115. The van der Waals surface area contributed by atoms with Crippen LogP contribution in [0.15, 0.2) is 23.3 Å². The Morgan fingerprint density at radius 1 is 1.29 bits per heavy atom. The van der Waals surface area contributed by atoms with Gasteiger partial charge in [-0.15, -0.1) is 24.0 Å². The third-order valence-corrected chi connectivity index (χ3v) is 5.28. The number of pyridine rings is 1. The molecule has 0 unspecified atom stereocenters. The Hall–Kier alpha value is -1.13. The molecule has 1 N–H and O–H groups in total. The summed E-state index contributed by atoms with van der Waals surface area (Å²) in [6.45, 7) is 7.49. The summed E-state index contributed by atoms with van der Waals surface area (Å²) in [6, 6.07) is 4.28. The molecule has 3 rings (SSSR count). The van der Waals surface area contributed by atoms with Gasteiger partial charge in [-0.25, -0.2) is 4.98 Å². The van der Waals surface area contributed by atoms with Gasteiger partial charge in [-0.2, -0.15) is 0 Å². The van der Waals surface area contributed by atoms with E-state index in [0.29, 0.717) is 0 Å². The molecular formula is C20H35IN6O. The zero-order valence-electron chi connectivity index (χ0n) is 17.4. The van der Waals surface area contributed by atoms with E-state index in [2.05, 4.69) is 49.2 Å². The first-order valence-electron chi connectivity index (χ1n) is 10.0. The molecule has 2 fully saturated rings. The highest BCUT2D eigenvalue weighted by molar-refractivity contribution is 14.0. The largest absolute Gasteiger partial charge is 0.379 e. The van der Waals surface area contributed by atoms with Crippen molar-refractivity contribution in [2.24, 2.45) is 10.9 Å². The molecule has 1 aliphatic carbocycles. The number of nitrogens with zero attached hydrogens (tertiary/aromatic N) is 5. The van der Waals surface area contributed by atoms with E-state index in [1.807, 2.05) is 20.3 Å². The van der Waals surface area contributed by atoms with Crippen LogP contribution in [0.2, 0.25) is 0 Å². The maximum Gasteiger partial charge on any atom is 0.193 e. The molecule has 1 aliphatic heterocycles. The Bertz CT molecular complexity index is 599. The predicted molar refractivity (Wildman–Crippen MR) is 126 cm³/mol. The van der Waals surface area contributed by atoms with Gasteiger partial charge in [-0.1, -0.05) is 6.07 Å². The van der Waals surface area contributed by atoms with Crippen molar-refractivity contribution in [3.8, 4) is 0 Å². The summed E-state index contributed by atoms with van der Waals surface area (Å²) in [5.41, 5.74) is 1.16. The van der Waals surface area contributed by atoms with Crippen LogP contribution in [0, 0.1) is 5.92 Å². The van der Waals surface area contributed by atoms with Gasteiger partial charge in [0, 0.05) is 66.2 Å². The summed E-state index contributed by atoms with van der Waals surface area (Å²) in [5, 5.41) is 3.41. The van der Waals surface area contributed by atoms with Gasteiger partial charge in [0.15, 0.2) is 5.96 Å². The van der Waals surface area contributed by atoms with Crippen molar-refractivity contribution in [1.29, 1.82) is 0 Å². The van der Waals surface area contributed by atoms with Gasteiger partial charge in [-0.05, 0) is 37.4 Å². The fourth-order valence-electron chi connectivity index (χ4n) is 3.15. The number of piperazine rings is 1. The molecule has 1 saturated carbocycles. The number of ether oxygens (including phenoxy) is 1. The fraction of sp³-hybridized carbons (Fsp3) is 0.700. The van der Waals surface area contributed by atoms with Crippen LogP contribution in [0.25, 0.3) is 0 Å². The molecule has 7 nitrogen and oxygen atoms in total. The molecule has 28 heavy (non-hydrogen) atoms. The summed E-state index contributed by atoms with van der Waals surface area (Å²) in [4.78, 5) is 15.8. The Morgan fingerprint density at radius 3 is 2.64 bits per heavy atom. The van der Waals surface area contributed by atoms with Crippen LogP contribution in [0.5, 0.6) is 0 Å². The van der Waals surface area contributed by atoms with Gasteiger partial charge in [-0.3, -0.25) is 4.99 Å². The molecule has 0 aromatic carbocycles. The average Bonchev–Trinajstić information content (AvgIpc) is 3.51. The van der Waals surface area contributed by atoms with Crippen molar-refractivity contribution in [2.45, 2.75) is 19.4 Å². The molecular weight excluding hydrogens is 467 g/mol. The first-order valence-corrected chi connectivity index (χ1v) is 10.0. The molecule has 2 heterocycles. The summed E-state index contributed by atoms with van der Waals surface area (Å²) < 4.78 is 5.72. The average molecular weight is 502 g/mol. The molecule has 2 aliphatic rings. The van der Waals surface area contributed by atoms with Crippen molar-refractivity contribution in [3.05, 3.63) is 23.9 Å². The first kappa shape index (κ1) is 23.2. The van der Waals surface area contributed by atoms with Crippen LogP contribution >= 0.6 is 24.0 Å². The molecule has 1 aromatic rings. The van der Waals surface area contributed by atoms with Crippen LogP contribution in [0.3, 0.4) is 0 Å². The maximum absolute atomic E-state index is 5.72. The van der Waals surface area contributed by atoms with E-state index < -0.39 is 0 Å². The molecule has 1 saturated heterocycles. The van der Waals surface area contributed by atoms with Gasteiger partial charge in [0.05, 0.1) is 6.61 Å². The number of halogens is 1. The minimum absolute atomic E-state index is 0. The molecule has 0 spiro atoms.